The first-order valence-corrected chi connectivity index (χ1v) is 26.6. The fourth-order valence-corrected chi connectivity index (χ4v) is 12.9. The first kappa shape index (κ1) is 48.6. The number of methoxy groups -OCH3 is 2. The number of halogens is 1. The van der Waals surface area contributed by atoms with E-state index >= 15 is 4.39 Å². The number of H-pyrrole nitrogens is 2. The van der Waals surface area contributed by atoms with E-state index in [4.69, 9.17) is 33.7 Å². The molecule has 5 aliphatic rings. The summed E-state index contributed by atoms with van der Waals surface area (Å²) in [6, 6.07) is 22.5. The topological polar surface area (TPSA) is 207 Å². The average molecular weight is 1040 g/mol. The molecule has 20 heteroatoms. The van der Waals surface area contributed by atoms with E-state index in [-0.39, 0.29) is 42.7 Å². The largest absolute Gasteiger partial charge is 0.464 e. The number of fused-ring (bicyclic) bond motifs is 6. The van der Waals surface area contributed by atoms with Gasteiger partial charge in [0.05, 0.1) is 72.7 Å². The number of imidazole rings is 2. The Morgan fingerprint density at radius 1 is 0.733 bits per heavy atom. The Balaban J connectivity index is 0.843. The van der Waals surface area contributed by atoms with E-state index in [1.165, 1.54) is 19.1 Å². The highest BCUT2D eigenvalue weighted by Crippen LogP contribution is 2.48. The molecule has 4 aromatic heterocycles. The SMILES string of the molecule is COC(=O)NC(C(=O)N1CCC[C@H]1c1ncc(-c2ccc3c(c2)OC(c2cc4ccccc4s2)n2c-3cc3cc(-c4cnc([C@@H]5C[C@@H](F)CN5C(=O)[C@@H](NC(=O)OC)C5CCOCC5)[nH]4)ccc32)[nH]1)C1CCOCC1. The molecule has 0 bridgehead atoms. The van der Waals surface area contributed by atoms with Crippen LogP contribution in [0.25, 0.3) is 54.8 Å². The summed E-state index contributed by atoms with van der Waals surface area (Å²) in [6.45, 7) is 2.43. The number of hydrogen-bond acceptors (Lipinski definition) is 12. The summed E-state index contributed by atoms with van der Waals surface area (Å²) in [4.78, 5) is 74.4. The van der Waals surface area contributed by atoms with Crippen molar-refractivity contribution in [1.29, 1.82) is 0 Å². The molecule has 6 atom stereocenters. The maximum atomic E-state index is 15.3. The van der Waals surface area contributed by atoms with Gasteiger partial charge in [0, 0.05) is 66.2 Å². The van der Waals surface area contributed by atoms with Crippen molar-refractivity contribution in [2.24, 2.45) is 11.8 Å². The molecule has 390 valence electrons. The third-order valence-electron chi connectivity index (χ3n) is 15.7. The molecule has 0 spiro atoms. The zero-order valence-electron chi connectivity index (χ0n) is 41.6. The molecule has 4 amide bonds. The molecular weight excluding hydrogens is 982 g/mol. The molecule has 7 aromatic rings. The van der Waals surface area contributed by atoms with Gasteiger partial charge in [0.2, 0.25) is 18.0 Å². The average Bonchev–Trinajstić information content (AvgIpc) is 4.33. The van der Waals surface area contributed by atoms with Gasteiger partial charge in [-0.3, -0.25) is 14.2 Å². The normalized spacial score (nSPS) is 21.9. The van der Waals surface area contributed by atoms with Crippen molar-refractivity contribution in [1.82, 2.24) is 44.9 Å². The van der Waals surface area contributed by atoms with Crippen LogP contribution >= 0.6 is 11.3 Å². The molecule has 4 fully saturated rings. The van der Waals surface area contributed by atoms with E-state index in [1.54, 1.807) is 23.7 Å². The lowest BCUT2D eigenvalue weighted by Crippen LogP contribution is -2.53. The molecule has 2 unspecified atom stereocenters. The standard InChI is InChI=1S/C55H58FN9O9S/c1-70-54(68)61-47(30-13-18-72-19-14-30)51(66)63-17-5-7-41(63)49-57-28-39(59-49)33-9-11-37-42-23-35-22-32(10-12-40(35)65(42)53(74-44(37)24-33)46-25-34-6-3-4-8-45(34)75-46)38-27-58-50(60-38)43-26-36(56)29-64(43)52(67)48(62-55(69)71-2)31-15-20-73-21-16-31/h3-4,6,8-12,22-25,27-28,30-31,36,41,43,47-48,53H,5,7,13-21,26,29H2,1-2H3,(H,57,59)(H,58,60)(H,61,68)(H,62,69)/t36-,41+,43+,47?,48+,53?/m1/s1. The second kappa shape index (κ2) is 20.4. The number of alkyl halides is 1. The Labute approximate surface area is 435 Å². The Kier molecular flexibility index (Phi) is 13.3. The minimum Gasteiger partial charge on any atom is -0.464 e. The second-order valence-electron chi connectivity index (χ2n) is 20.1. The quantitative estimate of drug-likeness (QED) is 0.0963. The van der Waals surface area contributed by atoms with Crippen LogP contribution in [0.2, 0.25) is 0 Å². The molecule has 18 nitrogen and oxygen atoms in total. The lowest BCUT2D eigenvalue weighted by molar-refractivity contribution is -0.137. The van der Waals surface area contributed by atoms with Gasteiger partial charge < -0.3 is 54.1 Å². The summed E-state index contributed by atoms with van der Waals surface area (Å²) in [7, 11) is 2.56. The van der Waals surface area contributed by atoms with Gasteiger partial charge in [-0.15, -0.1) is 11.3 Å². The number of benzene rings is 3. The van der Waals surface area contributed by atoms with Crippen LogP contribution in [0.15, 0.2) is 85.2 Å². The number of carbonyl (C=O) groups excluding carboxylic acids is 4. The first-order valence-electron chi connectivity index (χ1n) is 25.8. The van der Waals surface area contributed by atoms with Crippen LogP contribution in [-0.2, 0) is 28.5 Å². The van der Waals surface area contributed by atoms with Crippen molar-refractivity contribution in [2.45, 2.75) is 81.5 Å². The molecule has 4 saturated heterocycles. The number of aromatic nitrogens is 5. The molecule has 4 N–H and O–H groups in total. The number of ether oxygens (including phenoxy) is 5. The van der Waals surface area contributed by atoms with Crippen LogP contribution in [-0.4, -0.2) is 130 Å². The first-order chi connectivity index (χ1) is 36.6. The zero-order chi connectivity index (χ0) is 51.3. The Morgan fingerprint density at radius 3 is 2.03 bits per heavy atom. The van der Waals surface area contributed by atoms with Crippen molar-refractivity contribution in [3.63, 3.8) is 0 Å². The van der Waals surface area contributed by atoms with E-state index < -0.39 is 42.7 Å². The molecule has 0 aliphatic carbocycles. The van der Waals surface area contributed by atoms with E-state index in [9.17, 15) is 19.2 Å². The van der Waals surface area contributed by atoms with Gasteiger partial charge in [0.15, 0.2) is 0 Å². The predicted molar refractivity (Wildman–Crippen MR) is 277 cm³/mol. The fraction of sp³-hybridized carbons (Fsp3) is 0.418. The van der Waals surface area contributed by atoms with Crippen molar-refractivity contribution in [3.8, 4) is 39.5 Å². The minimum atomic E-state index is -1.27. The number of nitrogens with zero attached hydrogens (tertiary/aromatic N) is 5. The highest BCUT2D eigenvalue weighted by molar-refractivity contribution is 7.19. The predicted octanol–water partition coefficient (Wildman–Crippen LogP) is 8.82. The highest BCUT2D eigenvalue weighted by atomic mass is 32.1. The fourth-order valence-electron chi connectivity index (χ4n) is 11.8. The molecule has 75 heavy (non-hydrogen) atoms. The number of likely N-dealkylation sites (tertiary alicyclic amines) is 2. The van der Waals surface area contributed by atoms with Crippen molar-refractivity contribution >= 4 is 56.3 Å². The van der Waals surface area contributed by atoms with E-state index in [1.807, 2.05) is 35.2 Å². The van der Waals surface area contributed by atoms with Crippen LogP contribution in [0.5, 0.6) is 5.75 Å². The van der Waals surface area contributed by atoms with Crippen LogP contribution in [0.4, 0.5) is 14.0 Å². The van der Waals surface area contributed by atoms with Gasteiger partial charge in [-0.25, -0.2) is 23.9 Å². The summed E-state index contributed by atoms with van der Waals surface area (Å²) in [5.74, 6) is 1.07. The molecule has 0 radical (unpaired) electrons. The number of aromatic amines is 2. The number of hydrogen-bond donors (Lipinski definition) is 4. The van der Waals surface area contributed by atoms with Gasteiger partial charge in [-0.2, -0.15) is 0 Å². The van der Waals surface area contributed by atoms with Gasteiger partial charge >= 0.3 is 12.2 Å². The van der Waals surface area contributed by atoms with Crippen LogP contribution in [0, 0.1) is 11.8 Å². The van der Waals surface area contributed by atoms with Crippen molar-refractivity contribution in [2.75, 3.05) is 53.7 Å². The lowest BCUT2D eigenvalue weighted by atomic mass is 9.90. The number of thiophene rings is 1. The molecule has 3 aromatic carbocycles. The third-order valence-corrected chi connectivity index (χ3v) is 16.8. The maximum absolute atomic E-state index is 15.3. The number of alkyl carbamates (subject to hydrolysis) is 2. The molecular formula is C55H58FN9O9S. The number of nitrogens with one attached hydrogen (secondary N) is 4. The second-order valence-corrected chi connectivity index (χ2v) is 21.2. The molecule has 9 heterocycles. The van der Waals surface area contributed by atoms with Crippen molar-refractivity contribution in [3.05, 3.63) is 102 Å². The summed E-state index contributed by atoms with van der Waals surface area (Å²) in [6.07, 6.45) is 4.48. The molecule has 12 rings (SSSR count). The summed E-state index contributed by atoms with van der Waals surface area (Å²) >= 11 is 1.69. The highest BCUT2D eigenvalue weighted by Gasteiger charge is 2.44. The third kappa shape index (κ3) is 9.26. The number of carbonyl (C=O) groups is 4. The summed E-state index contributed by atoms with van der Waals surface area (Å²) in [5.41, 5.74) is 6.06. The molecule has 0 saturated carbocycles. The maximum Gasteiger partial charge on any atom is 0.407 e. The van der Waals surface area contributed by atoms with Crippen LogP contribution in [0.3, 0.4) is 0 Å². The van der Waals surface area contributed by atoms with E-state index in [2.05, 4.69) is 67.6 Å². The van der Waals surface area contributed by atoms with Crippen LogP contribution < -0.4 is 15.4 Å². The van der Waals surface area contributed by atoms with Gasteiger partial charge in [-0.1, -0.05) is 30.3 Å². The Bertz CT molecular complexity index is 3250. The molecule has 5 aliphatic heterocycles. The smallest absolute Gasteiger partial charge is 0.407 e. The van der Waals surface area contributed by atoms with Gasteiger partial charge in [-0.05, 0) is 98.2 Å². The number of rotatable bonds is 11. The van der Waals surface area contributed by atoms with Crippen molar-refractivity contribution < 1.29 is 47.3 Å². The van der Waals surface area contributed by atoms with E-state index in [0.29, 0.717) is 81.7 Å². The van der Waals surface area contributed by atoms with Crippen LogP contribution in [0.1, 0.15) is 79.8 Å². The summed E-state index contributed by atoms with van der Waals surface area (Å²) < 4.78 is 46.7. The van der Waals surface area contributed by atoms with Gasteiger partial charge in [0.1, 0.15) is 35.7 Å². The number of amides is 4. The Morgan fingerprint density at radius 2 is 1.36 bits per heavy atom. The van der Waals surface area contributed by atoms with Gasteiger partial charge in [0.25, 0.3) is 0 Å². The van der Waals surface area contributed by atoms with E-state index in [0.717, 1.165) is 66.8 Å². The minimum absolute atomic E-state index is 0.0692. The lowest BCUT2D eigenvalue weighted by Gasteiger charge is -2.34. The Hall–Kier alpha value is -7.29. The zero-order valence-corrected chi connectivity index (χ0v) is 42.4. The monoisotopic (exact) mass is 1040 g/mol. The summed E-state index contributed by atoms with van der Waals surface area (Å²) in [5, 5.41) is 7.66.